The normalized spacial score (nSPS) is 22.2. The van der Waals surface area contributed by atoms with E-state index in [1.807, 2.05) is 6.07 Å². The molecule has 1 aliphatic heterocycles. The van der Waals surface area contributed by atoms with Gasteiger partial charge in [0.05, 0.1) is 19.4 Å². The second kappa shape index (κ2) is 10.7. The van der Waals surface area contributed by atoms with Gasteiger partial charge in [-0.25, -0.2) is 38.7 Å². The van der Waals surface area contributed by atoms with E-state index in [9.17, 15) is 24.0 Å². The molecule has 0 radical (unpaired) electrons. The third-order valence-corrected chi connectivity index (χ3v) is 5.59. The number of ketones is 1. The Morgan fingerprint density at radius 2 is 1.62 bits per heavy atom. The zero-order chi connectivity index (χ0) is 26.6. The van der Waals surface area contributed by atoms with Crippen LogP contribution in [0.3, 0.4) is 0 Å². The van der Waals surface area contributed by atoms with Crippen LogP contribution in [0.5, 0.6) is 5.75 Å². The number of carbonyl (C=O) groups is 5. The van der Waals surface area contributed by atoms with Crippen LogP contribution in [0, 0.1) is 0 Å². The Balaban J connectivity index is 1.36. The summed E-state index contributed by atoms with van der Waals surface area (Å²) in [6.45, 7) is 0.00618. The Kier molecular flexibility index (Phi) is 7.47. The lowest BCUT2D eigenvalue weighted by atomic mass is 9.87. The number of rotatable bonds is 6. The standard InChI is InChI=1S/C24H22N2O11/c25-18-10-20(28)35-34-19(27)7-8-24(26,23(31)37-36-22(18)30)33-11-13-1-5-16(6-2-13)32-12-15-4-3-14-9-17(15)21(14)29/h1-6,9,18H,7-8,10-12,25-26H2. The fraction of sp³-hybridized carbons (Fsp3) is 0.292. The van der Waals surface area contributed by atoms with E-state index in [0.29, 0.717) is 22.4 Å². The van der Waals surface area contributed by atoms with Crippen molar-refractivity contribution in [3.63, 3.8) is 0 Å². The van der Waals surface area contributed by atoms with E-state index in [4.69, 9.17) is 20.9 Å². The van der Waals surface area contributed by atoms with Crippen molar-refractivity contribution in [3.8, 4) is 5.75 Å². The first-order valence-corrected chi connectivity index (χ1v) is 11.1. The van der Waals surface area contributed by atoms with E-state index >= 15 is 0 Å². The van der Waals surface area contributed by atoms with Crippen LogP contribution in [-0.4, -0.2) is 41.4 Å². The van der Waals surface area contributed by atoms with Crippen molar-refractivity contribution in [1.29, 1.82) is 0 Å². The van der Waals surface area contributed by atoms with Gasteiger partial charge < -0.3 is 15.2 Å². The lowest BCUT2D eigenvalue weighted by Gasteiger charge is -2.26. The predicted octanol–water partition coefficient (Wildman–Crippen LogP) is 0.496. The van der Waals surface area contributed by atoms with Gasteiger partial charge in [0.15, 0.2) is 5.78 Å². The second-order valence-corrected chi connectivity index (χ2v) is 8.31. The van der Waals surface area contributed by atoms with Gasteiger partial charge in [-0.2, -0.15) is 0 Å². The van der Waals surface area contributed by atoms with Crippen LogP contribution >= 0.6 is 0 Å². The molecule has 1 fully saturated rings. The summed E-state index contributed by atoms with van der Waals surface area (Å²) in [5.74, 6) is -4.17. The summed E-state index contributed by atoms with van der Waals surface area (Å²) >= 11 is 0. The van der Waals surface area contributed by atoms with Crippen molar-refractivity contribution in [2.75, 3.05) is 0 Å². The van der Waals surface area contributed by atoms with E-state index in [1.165, 1.54) is 0 Å². The fourth-order valence-electron chi connectivity index (χ4n) is 3.35. The van der Waals surface area contributed by atoms with Crippen LogP contribution in [-0.2, 0) is 56.7 Å². The molecular formula is C24H22N2O11. The summed E-state index contributed by atoms with van der Waals surface area (Å²) in [6.07, 6.45) is -1.66. The van der Waals surface area contributed by atoms with Crippen molar-refractivity contribution in [2.45, 2.75) is 44.2 Å². The molecule has 2 unspecified atom stereocenters. The average Bonchev–Trinajstić information content (AvgIpc) is 2.91. The number of carbonyl (C=O) groups excluding carboxylic acids is 5. The number of benzene rings is 2. The molecule has 0 amide bonds. The molecule has 13 nitrogen and oxygen atoms in total. The lowest BCUT2D eigenvalue weighted by molar-refractivity contribution is -0.275. The van der Waals surface area contributed by atoms with Crippen LogP contribution in [0.25, 0.3) is 0 Å². The maximum Gasteiger partial charge on any atom is 0.401 e. The van der Waals surface area contributed by atoms with E-state index in [-0.39, 0.29) is 19.0 Å². The van der Waals surface area contributed by atoms with Gasteiger partial charge in [-0.1, -0.05) is 24.3 Å². The van der Waals surface area contributed by atoms with Crippen molar-refractivity contribution in [1.82, 2.24) is 0 Å². The molecular weight excluding hydrogens is 492 g/mol. The van der Waals surface area contributed by atoms with Crippen molar-refractivity contribution < 1.29 is 53.0 Å². The van der Waals surface area contributed by atoms with Crippen molar-refractivity contribution in [3.05, 3.63) is 64.7 Å². The van der Waals surface area contributed by atoms with Gasteiger partial charge in [0.25, 0.3) is 0 Å². The molecule has 37 heavy (non-hydrogen) atoms. The summed E-state index contributed by atoms with van der Waals surface area (Å²) in [5, 5.41) is 0. The average molecular weight is 514 g/mol. The van der Waals surface area contributed by atoms with Crippen molar-refractivity contribution in [2.24, 2.45) is 11.5 Å². The van der Waals surface area contributed by atoms with Gasteiger partial charge in [0, 0.05) is 23.1 Å². The summed E-state index contributed by atoms with van der Waals surface area (Å²) in [7, 11) is 0. The zero-order valence-corrected chi connectivity index (χ0v) is 19.3. The van der Waals surface area contributed by atoms with E-state index in [0.717, 1.165) is 5.56 Å². The number of fused-ring (bicyclic) bond motifs is 2. The molecule has 3 aliphatic rings. The van der Waals surface area contributed by atoms with Gasteiger partial charge in [0.2, 0.25) is 5.72 Å². The van der Waals surface area contributed by atoms with Gasteiger partial charge in [-0.05, 0) is 23.8 Å². The van der Waals surface area contributed by atoms with Crippen LogP contribution in [0.1, 0.15) is 46.3 Å². The molecule has 13 heteroatoms. The molecule has 2 aromatic rings. The van der Waals surface area contributed by atoms with E-state index < -0.39 is 54.9 Å². The third-order valence-electron chi connectivity index (χ3n) is 5.59. The van der Waals surface area contributed by atoms with Crippen LogP contribution in [0.4, 0.5) is 0 Å². The topological polar surface area (TPSA) is 193 Å². The molecule has 1 saturated heterocycles. The Labute approximate surface area is 209 Å². The molecule has 2 bridgehead atoms. The molecule has 0 saturated carbocycles. The highest BCUT2D eigenvalue weighted by atomic mass is 17.2. The molecule has 0 spiro atoms. The Morgan fingerprint density at radius 1 is 0.892 bits per heavy atom. The minimum absolute atomic E-state index is 0.0111. The summed E-state index contributed by atoms with van der Waals surface area (Å²) in [5.41, 5.74) is 11.9. The largest absolute Gasteiger partial charge is 0.489 e. The zero-order valence-electron chi connectivity index (χ0n) is 19.3. The van der Waals surface area contributed by atoms with Crippen LogP contribution in [0.2, 0.25) is 0 Å². The van der Waals surface area contributed by atoms with Crippen LogP contribution < -0.4 is 16.2 Å². The first kappa shape index (κ1) is 25.8. The summed E-state index contributed by atoms with van der Waals surface area (Å²) < 4.78 is 11.3. The molecule has 2 aliphatic carbocycles. The SMILES string of the molecule is NC1CC(=O)OOC(=O)CCC(N)(OCc2ccc(OCc3ccc4cc3C4=O)cc2)C(=O)OOC1=O. The predicted molar refractivity (Wildman–Crippen MR) is 119 cm³/mol. The summed E-state index contributed by atoms with van der Waals surface area (Å²) in [6, 6.07) is 10.4. The molecule has 4 N–H and O–H groups in total. The molecule has 1 heterocycles. The first-order chi connectivity index (χ1) is 17.6. The number of nitrogens with two attached hydrogens (primary N) is 2. The van der Waals surface area contributed by atoms with Gasteiger partial charge >= 0.3 is 23.9 Å². The molecule has 2 aromatic carbocycles. The molecule has 0 aromatic heterocycles. The maximum atomic E-state index is 12.5. The molecule has 194 valence electrons. The van der Waals surface area contributed by atoms with Crippen LogP contribution in [0.15, 0.2) is 42.5 Å². The molecule has 2 atom stereocenters. The quantitative estimate of drug-likeness (QED) is 0.341. The highest BCUT2D eigenvalue weighted by molar-refractivity contribution is 6.17. The second-order valence-electron chi connectivity index (χ2n) is 8.31. The smallest absolute Gasteiger partial charge is 0.401 e. The third kappa shape index (κ3) is 6.09. The van der Waals surface area contributed by atoms with Crippen molar-refractivity contribution >= 4 is 29.7 Å². The van der Waals surface area contributed by atoms with E-state index in [2.05, 4.69) is 19.6 Å². The number of hydrogen-bond donors (Lipinski definition) is 2. The van der Waals surface area contributed by atoms with E-state index in [1.54, 1.807) is 36.4 Å². The minimum atomic E-state index is -2.24. The Hall–Kier alpha value is -4.33. The first-order valence-electron chi connectivity index (χ1n) is 11.1. The molecule has 5 rings (SSSR count). The highest BCUT2D eigenvalue weighted by Gasteiger charge is 2.40. The lowest BCUT2D eigenvalue weighted by Crippen LogP contribution is -2.52. The van der Waals surface area contributed by atoms with Gasteiger partial charge in [0.1, 0.15) is 18.4 Å². The van der Waals surface area contributed by atoms with Gasteiger partial charge in [-0.3, -0.25) is 10.5 Å². The fourth-order valence-corrected chi connectivity index (χ4v) is 3.35. The van der Waals surface area contributed by atoms with Gasteiger partial charge in [-0.15, -0.1) is 0 Å². The monoisotopic (exact) mass is 514 g/mol. The summed E-state index contributed by atoms with van der Waals surface area (Å²) in [4.78, 5) is 77.0. The Bertz CT molecular complexity index is 1240. The minimum Gasteiger partial charge on any atom is -0.489 e. The number of ether oxygens (including phenoxy) is 2. The highest BCUT2D eigenvalue weighted by Crippen LogP contribution is 2.27. The maximum absolute atomic E-state index is 12.5. The Morgan fingerprint density at radius 3 is 2.32 bits per heavy atom. The number of hydrogen-bond acceptors (Lipinski definition) is 13.